The van der Waals surface area contributed by atoms with Gasteiger partial charge in [0.15, 0.2) is 17.2 Å². The highest BCUT2D eigenvalue weighted by Crippen LogP contribution is 2.23. The molecule has 0 radical (unpaired) electrons. The van der Waals surface area contributed by atoms with E-state index in [2.05, 4.69) is 5.16 Å². The fourth-order valence-electron chi connectivity index (χ4n) is 3.04. The smallest absolute Gasteiger partial charge is 0.248 e. The second-order valence-corrected chi connectivity index (χ2v) is 8.37. The van der Waals surface area contributed by atoms with Gasteiger partial charge in [-0.1, -0.05) is 5.16 Å². The Hall–Kier alpha value is -1.49. The van der Waals surface area contributed by atoms with E-state index in [0.29, 0.717) is 24.5 Å². The molecule has 0 aliphatic carbocycles. The van der Waals surface area contributed by atoms with Crippen LogP contribution in [-0.2, 0) is 23.7 Å². The van der Waals surface area contributed by atoms with Crippen LogP contribution in [0.5, 0.6) is 0 Å². The SMILES string of the molecule is Cc1noc(C)c1S(=O)(=O)N1CC[NH+](Cn2ccn(C)c2=S)CC1. The van der Waals surface area contributed by atoms with E-state index in [1.165, 1.54) is 9.21 Å². The Morgan fingerprint density at radius 1 is 1.29 bits per heavy atom. The molecule has 0 bridgehead atoms. The van der Waals surface area contributed by atoms with Crippen molar-refractivity contribution in [2.45, 2.75) is 25.4 Å². The minimum absolute atomic E-state index is 0.205. The normalized spacial score (nSPS) is 17.5. The van der Waals surface area contributed by atoms with Gasteiger partial charge in [0.1, 0.15) is 10.6 Å². The molecule has 2 aromatic heterocycles. The molecule has 3 rings (SSSR count). The number of piperazine rings is 1. The molecule has 132 valence electrons. The quantitative estimate of drug-likeness (QED) is 0.746. The van der Waals surface area contributed by atoms with Crippen molar-refractivity contribution in [1.29, 1.82) is 0 Å². The number of quaternary nitrogens is 1. The Bertz CT molecular complexity index is 868. The number of rotatable bonds is 4. The molecule has 8 nitrogen and oxygen atoms in total. The van der Waals surface area contributed by atoms with Gasteiger partial charge < -0.3 is 14.0 Å². The highest BCUT2D eigenvalue weighted by molar-refractivity contribution is 7.89. The van der Waals surface area contributed by atoms with Crippen LogP contribution in [0.15, 0.2) is 21.8 Å². The minimum Gasteiger partial charge on any atom is -0.360 e. The predicted octanol–water partition coefficient (Wildman–Crippen LogP) is -0.292. The Morgan fingerprint density at radius 2 is 1.96 bits per heavy atom. The van der Waals surface area contributed by atoms with Crippen molar-refractivity contribution in [3.63, 3.8) is 0 Å². The van der Waals surface area contributed by atoms with Gasteiger partial charge in [-0.2, -0.15) is 4.31 Å². The molecule has 3 heterocycles. The number of sulfonamides is 1. The second-order valence-electron chi connectivity index (χ2n) is 6.13. The summed E-state index contributed by atoms with van der Waals surface area (Å²) in [6.07, 6.45) is 3.89. The van der Waals surface area contributed by atoms with Crippen LogP contribution in [0, 0.1) is 18.6 Å². The van der Waals surface area contributed by atoms with E-state index < -0.39 is 10.0 Å². The van der Waals surface area contributed by atoms with Crippen molar-refractivity contribution in [2.75, 3.05) is 26.2 Å². The molecule has 0 aromatic carbocycles. The molecule has 1 aliphatic rings. The molecule has 0 amide bonds. The summed E-state index contributed by atoms with van der Waals surface area (Å²) in [4.78, 5) is 1.51. The number of aryl methyl sites for hydroxylation is 3. The van der Waals surface area contributed by atoms with Crippen LogP contribution in [-0.4, -0.2) is 53.2 Å². The van der Waals surface area contributed by atoms with Crippen molar-refractivity contribution in [1.82, 2.24) is 18.6 Å². The van der Waals surface area contributed by atoms with Crippen LogP contribution in [0.1, 0.15) is 11.5 Å². The number of nitrogens with zero attached hydrogens (tertiary/aromatic N) is 4. The maximum Gasteiger partial charge on any atom is 0.248 e. The molecule has 1 N–H and O–H groups in total. The molecular weight excluding hydrogens is 350 g/mol. The van der Waals surface area contributed by atoms with Crippen LogP contribution >= 0.6 is 12.2 Å². The minimum atomic E-state index is -3.55. The van der Waals surface area contributed by atoms with E-state index in [0.717, 1.165) is 24.5 Å². The molecule has 1 saturated heterocycles. The summed E-state index contributed by atoms with van der Waals surface area (Å²) in [5, 5.41) is 3.76. The third-order valence-corrected chi connectivity index (χ3v) is 7.07. The lowest BCUT2D eigenvalue weighted by molar-refractivity contribution is -0.926. The monoisotopic (exact) mass is 372 g/mol. The van der Waals surface area contributed by atoms with Gasteiger partial charge in [-0.25, -0.2) is 8.42 Å². The van der Waals surface area contributed by atoms with Crippen LogP contribution in [0.3, 0.4) is 0 Å². The van der Waals surface area contributed by atoms with E-state index >= 15 is 0 Å². The first-order chi connectivity index (χ1) is 11.3. The first-order valence-corrected chi connectivity index (χ1v) is 9.64. The zero-order chi connectivity index (χ0) is 17.5. The molecule has 0 spiro atoms. The average Bonchev–Trinajstić information content (AvgIpc) is 3.04. The number of hydrogen-bond acceptors (Lipinski definition) is 5. The summed E-state index contributed by atoms with van der Waals surface area (Å²) in [5.74, 6) is 0.345. The van der Waals surface area contributed by atoms with E-state index in [-0.39, 0.29) is 4.90 Å². The largest absolute Gasteiger partial charge is 0.360 e. The Labute approximate surface area is 146 Å². The molecule has 1 fully saturated rings. The van der Waals surface area contributed by atoms with Gasteiger partial charge >= 0.3 is 0 Å². The maximum absolute atomic E-state index is 12.8. The van der Waals surface area contributed by atoms with Crippen molar-refractivity contribution in [3.05, 3.63) is 28.6 Å². The van der Waals surface area contributed by atoms with Gasteiger partial charge in [-0.05, 0) is 26.1 Å². The standard InChI is InChI=1S/C14H21N5O3S2/c1-11-13(12(2)22-15-11)24(20,21)19-8-5-17(6-9-19)10-18-7-4-16(3)14(18)23/h4,7H,5-6,8-10H2,1-3H3/p+1. The summed E-state index contributed by atoms with van der Waals surface area (Å²) in [6.45, 7) is 6.45. The molecule has 2 aromatic rings. The van der Waals surface area contributed by atoms with Gasteiger partial charge in [0.25, 0.3) is 0 Å². The summed E-state index contributed by atoms with van der Waals surface area (Å²) in [7, 11) is -1.63. The molecule has 0 unspecified atom stereocenters. The van der Waals surface area contributed by atoms with Crippen molar-refractivity contribution in [3.8, 4) is 0 Å². The van der Waals surface area contributed by atoms with E-state index in [4.69, 9.17) is 16.7 Å². The molecule has 0 saturated carbocycles. The topological polar surface area (TPSA) is 77.7 Å². The summed E-state index contributed by atoms with van der Waals surface area (Å²) in [5.41, 5.74) is 0.415. The fraction of sp³-hybridized carbons (Fsp3) is 0.571. The van der Waals surface area contributed by atoms with Gasteiger partial charge in [0.05, 0.1) is 26.2 Å². The summed E-state index contributed by atoms with van der Waals surface area (Å²) >= 11 is 5.35. The lowest BCUT2D eigenvalue weighted by Crippen LogP contribution is -3.14. The van der Waals surface area contributed by atoms with Crippen molar-refractivity contribution in [2.24, 2.45) is 7.05 Å². The summed E-state index contributed by atoms with van der Waals surface area (Å²) < 4.78 is 36.8. The maximum atomic E-state index is 12.8. The van der Waals surface area contributed by atoms with Gasteiger partial charge in [-0.15, -0.1) is 0 Å². The Kier molecular flexibility index (Phi) is 4.65. The molecular formula is C14H22N5O3S2+. The fourth-order valence-corrected chi connectivity index (χ4v) is 4.96. The van der Waals surface area contributed by atoms with Gasteiger partial charge in [-0.3, -0.25) is 4.57 Å². The predicted molar refractivity (Wildman–Crippen MR) is 89.7 cm³/mol. The molecule has 24 heavy (non-hydrogen) atoms. The zero-order valence-electron chi connectivity index (χ0n) is 14.0. The van der Waals surface area contributed by atoms with Crippen LogP contribution in [0.4, 0.5) is 0 Å². The van der Waals surface area contributed by atoms with Crippen LogP contribution in [0.2, 0.25) is 0 Å². The molecule has 0 atom stereocenters. The van der Waals surface area contributed by atoms with Crippen molar-refractivity contribution < 1.29 is 17.8 Å². The van der Waals surface area contributed by atoms with E-state index in [1.807, 2.05) is 28.6 Å². The highest BCUT2D eigenvalue weighted by atomic mass is 32.2. The van der Waals surface area contributed by atoms with Crippen LogP contribution in [0.25, 0.3) is 0 Å². The number of imidazole rings is 1. The van der Waals surface area contributed by atoms with E-state index in [9.17, 15) is 8.42 Å². The second kappa shape index (κ2) is 6.43. The third-order valence-electron chi connectivity index (χ3n) is 4.41. The van der Waals surface area contributed by atoms with Gasteiger partial charge in [0, 0.05) is 19.4 Å². The average molecular weight is 372 g/mol. The Morgan fingerprint density at radius 3 is 2.46 bits per heavy atom. The number of nitrogens with one attached hydrogen (secondary N) is 1. The first-order valence-electron chi connectivity index (χ1n) is 7.79. The Balaban J connectivity index is 1.69. The zero-order valence-corrected chi connectivity index (χ0v) is 15.7. The van der Waals surface area contributed by atoms with Gasteiger partial charge in [0.2, 0.25) is 10.0 Å². The lowest BCUT2D eigenvalue weighted by atomic mass is 10.4. The molecule has 1 aliphatic heterocycles. The lowest BCUT2D eigenvalue weighted by Gasteiger charge is -2.31. The van der Waals surface area contributed by atoms with Crippen molar-refractivity contribution >= 4 is 22.2 Å². The van der Waals surface area contributed by atoms with E-state index in [1.54, 1.807) is 13.8 Å². The number of aromatic nitrogens is 3. The first kappa shape index (κ1) is 17.3. The molecule has 10 heteroatoms. The number of hydrogen-bond donors (Lipinski definition) is 1. The van der Waals surface area contributed by atoms with Crippen LogP contribution < -0.4 is 4.90 Å². The highest BCUT2D eigenvalue weighted by Gasteiger charge is 2.34. The summed E-state index contributed by atoms with van der Waals surface area (Å²) in [6, 6.07) is 0. The third kappa shape index (κ3) is 3.06.